The average Bonchev–Trinajstić information content (AvgIpc) is 3.10. The van der Waals surface area contributed by atoms with E-state index in [2.05, 4.69) is 16.0 Å². The number of nitrogens with zero attached hydrogens (tertiary/aromatic N) is 2. The predicted octanol–water partition coefficient (Wildman–Crippen LogP) is 3.86. The molecule has 3 N–H and O–H groups in total. The number of unbranched alkanes of at least 4 members (excludes halogenated alkanes) is 2. The lowest BCUT2D eigenvalue weighted by Gasteiger charge is -2.20. The molecule has 270 valence electrons. The number of ether oxygens (including phenoxy) is 2. The lowest BCUT2D eigenvalue weighted by atomic mass is 10.1. The van der Waals surface area contributed by atoms with Crippen molar-refractivity contribution in [3.63, 3.8) is 0 Å². The van der Waals surface area contributed by atoms with Crippen molar-refractivity contribution in [1.29, 1.82) is 0 Å². The lowest BCUT2D eigenvalue weighted by Crippen LogP contribution is -2.50. The molecule has 17 heteroatoms. The second-order valence-corrected chi connectivity index (χ2v) is 11.8. The Morgan fingerprint density at radius 1 is 0.880 bits per heavy atom. The molecule has 2 aromatic rings. The van der Waals surface area contributed by atoms with Crippen LogP contribution in [0.15, 0.2) is 59.5 Å². The monoisotopic (exact) mass is 715 g/mol. The molecule has 0 fully saturated rings. The minimum absolute atomic E-state index is 0.00668. The van der Waals surface area contributed by atoms with Crippen molar-refractivity contribution in [1.82, 2.24) is 16.0 Å². The van der Waals surface area contributed by atoms with Gasteiger partial charge >= 0.3 is 11.9 Å². The minimum atomic E-state index is -1.34. The minimum Gasteiger partial charge on any atom is -0.464 e. The van der Waals surface area contributed by atoms with Gasteiger partial charge in [-0.05, 0) is 37.0 Å². The largest absolute Gasteiger partial charge is 0.464 e. The average molecular weight is 716 g/mol. The summed E-state index contributed by atoms with van der Waals surface area (Å²) in [6.07, 6.45) is 5.01. The van der Waals surface area contributed by atoms with E-state index >= 15 is 0 Å². The maximum Gasteiger partial charge on any atom is 0.328 e. The van der Waals surface area contributed by atoms with E-state index < -0.39 is 69.5 Å². The first-order valence-electron chi connectivity index (χ1n) is 15.9. The highest BCUT2D eigenvalue weighted by Gasteiger charge is 2.27. The number of carbonyl (C=O) groups is 5. The van der Waals surface area contributed by atoms with Crippen LogP contribution in [0.2, 0.25) is 0 Å². The van der Waals surface area contributed by atoms with Gasteiger partial charge in [-0.25, -0.2) is 4.79 Å². The number of esters is 2. The van der Waals surface area contributed by atoms with E-state index in [9.17, 15) is 44.2 Å². The highest BCUT2D eigenvalue weighted by atomic mass is 32.2. The van der Waals surface area contributed by atoms with Gasteiger partial charge < -0.3 is 25.4 Å². The molecule has 0 bridgehead atoms. The van der Waals surface area contributed by atoms with Crippen LogP contribution in [0.1, 0.15) is 57.9 Å². The molecule has 0 radical (unpaired) electrons. The van der Waals surface area contributed by atoms with Gasteiger partial charge in [-0.2, -0.15) is 0 Å². The second-order valence-electron chi connectivity index (χ2n) is 10.8. The van der Waals surface area contributed by atoms with Crippen molar-refractivity contribution in [3.8, 4) is 0 Å². The molecule has 0 spiro atoms. The van der Waals surface area contributed by atoms with Crippen molar-refractivity contribution in [2.45, 2.75) is 69.4 Å². The third-order valence-electron chi connectivity index (χ3n) is 6.81. The highest BCUT2D eigenvalue weighted by Crippen LogP contribution is 2.32. The van der Waals surface area contributed by atoms with Crippen molar-refractivity contribution in [3.05, 3.63) is 80.4 Å². The van der Waals surface area contributed by atoms with E-state index in [1.54, 1.807) is 30.3 Å². The number of non-ortho nitro benzene ring substituents is 1. The molecule has 3 amide bonds. The Morgan fingerprint density at radius 2 is 1.56 bits per heavy atom. The van der Waals surface area contributed by atoms with Crippen LogP contribution in [0, 0.1) is 20.2 Å². The second kappa shape index (κ2) is 22.3. The van der Waals surface area contributed by atoms with E-state index in [0.29, 0.717) is 12.8 Å². The van der Waals surface area contributed by atoms with Gasteiger partial charge in [0, 0.05) is 24.3 Å². The number of rotatable bonds is 22. The molecule has 0 saturated carbocycles. The maximum atomic E-state index is 13.1. The normalized spacial score (nSPS) is 12.0. The molecule has 0 aliphatic heterocycles. The van der Waals surface area contributed by atoms with Crippen LogP contribution in [-0.2, 0) is 33.4 Å². The standard InChI is InChI=1S/C33H41N5O11S/c1-3-5-18-48-31(41)21-34-32(42)26(22-50-28-15-13-24(37(44)45)20-27(28)38(46)47)36-30(40)17-14-25(33(43)49-19-6-4-2)35-29(39)16-12-23-10-8-7-9-11-23/h7-13,15-16,20,25-26H,3-6,14,17-19,21-22H2,1-2H3,(H,34,42)(H,35,39)(H,36,40)/b16-12+/t25-,26-/m0/s1. The van der Waals surface area contributed by atoms with Crippen LogP contribution in [0.3, 0.4) is 0 Å². The quantitative estimate of drug-likeness (QED) is 0.0395. The number of carbonyl (C=O) groups excluding carboxylic acids is 5. The topological polar surface area (TPSA) is 226 Å². The molecule has 0 unspecified atom stereocenters. The molecule has 0 aliphatic rings. The number of nitrogens with one attached hydrogen (secondary N) is 3. The van der Waals surface area contributed by atoms with Crippen LogP contribution in [0.4, 0.5) is 11.4 Å². The first-order chi connectivity index (χ1) is 23.9. The molecule has 0 aliphatic carbocycles. The first kappa shape index (κ1) is 40.9. The summed E-state index contributed by atoms with van der Waals surface area (Å²) in [7, 11) is 0. The Morgan fingerprint density at radius 3 is 2.20 bits per heavy atom. The van der Waals surface area contributed by atoms with Crippen molar-refractivity contribution < 1.29 is 43.3 Å². The molecular formula is C33H41N5O11S. The van der Waals surface area contributed by atoms with Gasteiger partial charge in [0.2, 0.25) is 17.7 Å². The lowest BCUT2D eigenvalue weighted by molar-refractivity contribution is -0.396. The summed E-state index contributed by atoms with van der Waals surface area (Å²) >= 11 is 0.783. The van der Waals surface area contributed by atoms with Gasteiger partial charge in [0.1, 0.15) is 18.6 Å². The van der Waals surface area contributed by atoms with Crippen molar-refractivity contribution >= 4 is 58.9 Å². The summed E-state index contributed by atoms with van der Waals surface area (Å²) in [5.74, 6) is -3.85. The van der Waals surface area contributed by atoms with E-state index in [0.717, 1.165) is 48.4 Å². The number of hydrogen-bond acceptors (Lipinski definition) is 12. The molecule has 2 aromatic carbocycles. The number of nitro groups is 2. The number of benzene rings is 2. The van der Waals surface area contributed by atoms with Gasteiger partial charge in [-0.3, -0.25) is 39.4 Å². The summed E-state index contributed by atoms with van der Waals surface area (Å²) < 4.78 is 10.3. The zero-order chi connectivity index (χ0) is 36.9. The summed E-state index contributed by atoms with van der Waals surface area (Å²) in [4.78, 5) is 84.9. The fraction of sp³-hybridized carbons (Fsp3) is 0.424. The summed E-state index contributed by atoms with van der Waals surface area (Å²) in [5.41, 5.74) is -0.328. The zero-order valence-corrected chi connectivity index (χ0v) is 28.6. The number of thioether (sulfide) groups is 1. The van der Waals surface area contributed by atoms with Crippen molar-refractivity contribution in [2.24, 2.45) is 0 Å². The van der Waals surface area contributed by atoms with Gasteiger partial charge in [0.25, 0.3) is 11.4 Å². The van der Waals surface area contributed by atoms with Gasteiger partial charge in [0.05, 0.1) is 34.0 Å². The van der Waals surface area contributed by atoms with E-state index in [-0.39, 0.29) is 36.7 Å². The molecule has 16 nitrogen and oxygen atoms in total. The Hall–Kier alpha value is -5.32. The molecule has 2 atom stereocenters. The number of hydrogen-bond donors (Lipinski definition) is 3. The summed E-state index contributed by atoms with van der Waals surface area (Å²) in [5, 5.41) is 30.2. The van der Waals surface area contributed by atoms with Crippen LogP contribution in [0.25, 0.3) is 6.08 Å². The third-order valence-corrected chi connectivity index (χ3v) is 7.96. The third kappa shape index (κ3) is 15.3. The van der Waals surface area contributed by atoms with E-state index in [4.69, 9.17) is 9.47 Å². The molecule has 50 heavy (non-hydrogen) atoms. The van der Waals surface area contributed by atoms with Crippen LogP contribution < -0.4 is 16.0 Å². The van der Waals surface area contributed by atoms with E-state index in [1.807, 2.05) is 19.9 Å². The Bertz CT molecular complexity index is 1520. The smallest absolute Gasteiger partial charge is 0.328 e. The predicted molar refractivity (Wildman–Crippen MR) is 184 cm³/mol. The van der Waals surface area contributed by atoms with Gasteiger partial charge in [-0.1, -0.05) is 57.0 Å². The van der Waals surface area contributed by atoms with Crippen molar-refractivity contribution in [2.75, 3.05) is 25.5 Å². The SMILES string of the molecule is CCCCOC(=O)CNC(=O)[C@H](CSc1ccc([N+](=O)[O-])cc1[N+](=O)[O-])NC(=O)CC[C@H](NC(=O)/C=C/c1ccccc1)C(=O)OCCCC. The Kier molecular flexibility index (Phi) is 18.3. The molecule has 0 heterocycles. The van der Waals surface area contributed by atoms with Crippen LogP contribution in [-0.4, -0.2) is 77.1 Å². The molecule has 0 aromatic heterocycles. The highest BCUT2D eigenvalue weighted by molar-refractivity contribution is 7.99. The van der Waals surface area contributed by atoms with E-state index in [1.165, 1.54) is 6.08 Å². The molecule has 0 saturated heterocycles. The molecular weight excluding hydrogens is 674 g/mol. The Balaban J connectivity index is 2.17. The van der Waals surface area contributed by atoms with Crippen LogP contribution >= 0.6 is 11.8 Å². The van der Waals surface area contributed by atoms with Crippen LogP contribution in [0.5, 0.6) is 0 Å². The van der Waals surface area contributed by atoms with Gasteiger partial charge in [-0.15, -0.1) is 11.8 Å². The molecule has 2 rings (SSSR count). The number of amides is 3. The maximum absolute atomic E-state index is 13.1. The summed E-state index contributed by atoms with van der Waals surface area (Å²) in [6, 6.07) is 9.44. The Labute approximate surface area is 293 Å². The summed E-state index contributed by atoms with van der Waals surface area (Å²) in [6.45, 7) is 3.58. The number of nitro benzene ring substituents is 2. The first-order valence-corrected chi connectivity index (χ1v) is 16.9. The fourth-order valence-corrected chi connectivity index (χ4v) is 5.09. The fourth-order valence-electron chi connectivity index (χ4n) is 4.07. The van der Waals surface area contributed by atoms with Gasteiger partial charge in [0.15, 0.2) is 0 Å². The zero-order valence-electron chi connectivity index (χ0n) is 27.8.